The third-order valence-corrected chi connectivity index (χ3v) is 9.58. The van der Waals surface area contributed by atoms with Gasteiger partial charge in [0.2, 0.25) is 0 Å². The maximum Gasteiger partial charge on any atom is 0.392 e. The van der Waals surface area contributed by atoms with Crippen LogP contribution < -0.4 is 0 Å². The van der Waals surface area contributed by atoms with Gasteiger partial charge in [0.1, 0.15) is 0 Å². The van der Waals surface area contributed by atoms with Crippen molar-refractivity contribution >= 4 is 29.4 Å². The zero-order chi connectivity index (χ0) is 17.1. The van der Waals surface area contributed by atoms with Crippen LogP contribution in [0.3, 0.4) is 0 Å². The van der Waals surface area contributed by atoms with Gasteiger partial charge < -0.3 is 0 Å². The van der Waals surface area contributed by atoms with Gasteiger partial charge in [0.05, 0.1) is 12.2 Å². The van der Waals surface area contributed by atoms with Crippen LogP contribution in [0.1, 0.15) is 51.4 Å². The number of rotatable bonds is 8. The van der Waals surface area contributed by atoms with Crippen molar-refractivity contribution in [2.45, 2.75) is 76.7 Å². The van der Waals surface area contributed by atoms with Crippen molar-refractivity contribution < 1.29 is 32.9 Å². The van der Waals surface area contributed by atoms with Gasteiger partial charge in [-0.3, -0.25) is 7.74 Å². The Morgan fingerprint density at radius 3 is 1.30 bits per heavy atom. The third kappa shape index (κ3) is 6.76. The van der Waals surface area contributed by atoms with Crippen LogP contribution >= 0.6 is 0 Å². The topological polar surface area (TPSA) is 105 Å². The maximum absolute atomic E-state index is 11.9. The van der Waals surface area contributed by atoms with E-state index >= 15 is 0 Å². The molecule has 0 amide bonds. The van der Waals surface area contributed by atoms with Crippen molar-refractivity contribution in [1.82, 2.24) is 0 Å². The van der Waals surface area contributed by atoms with Gasteiger partial charge >= 0.3 is 29.4 Å². The summed E-state index contributed by atoms with van der Waals surface area (Å²) in [6.45, 7) is 2.64. The van der Waals surface area contributed by atoms with E-state index in [0.717, 1.165) is 25.7 Å². The van der Waals surface area contributed by atoms with Gasteiger partial charge in [-0.1, -0.05) is 25.7 Å². The molecule has 0 saturated heterocycles. The Hall–Kier alpha value is -0.0431. The summed E-state index contributed by atoms with van der Waals surface area (Å²) in [7, 11) is -12.2. The average molecular weight is 389 g/mol. The molecule has 0 atom stereocenters. The average Bonchev–Trinajstić information content (AvgIpc) is 2.97. The van der Waals surface area contributed by atoms with Gasteiger partial charge in [-0.2, -0.15) is 16.8 Å². The Kier molecular flexibility index (Phi) is 6.25. The molecular weight excluding hydrogens is 364 g/mol. The standard InChI is InChI=1S/C12H24O8S2Si/c1-23(2,19-21(13,14)17-11-7-3-4-8-11)20-22(15,16)18-12-9-5-6-10-12/h11-12H,3-10H2,1-2H3. The molecule has 0 unspecified atom stereocenters. The Balaban J connectivity index is 1.91. The molecule has 0 radical (unpaired) electrons. The first kappa shape index (κ1) is 19.3. The molecule has 8 nitrogen and oxygen atoms in total. The summed E-state index contributed by atoms with van der Waals surface area (Å²) in [6.07, 6.45) is 5.39. The summed E-state index contributed by atoms with van der Waals surface area (Å²) in [4.78, 5) is 0. The van der Waals surface area contributed by atoms with Crippen LogP contribution in [-0.4, -0.2) is 37.6 Å². The maximum atomic E-state index is 11.9. The van der Waals surface area contributed by atoms with Crippen LogP contribution in [0.5, 0.6) is 0 Å². The van der Waals surface area contributed by atoms with Crippen LogP contribution in [0, 0.1) is 0 Å². The van der Waals surface area contributed by atoms with E-state index in [0.29, 0.717) is 25.7 Å². The van der Waals surface area contributed by atoms with Crippen molar-refractivity contribution in [1.29, 1.82) is 0 Å². The van der Waals surface area contributed by atoms with Gasteiger partial charge in [0, 0.05) is 0 Å². The van der Waals surface area contributed by atoms with Crippen LogP contribution in [-0.2, 0) is 36.9 Å². The summed E-state index contributed by atoms with van der Waals surface area (Å²) in [5, 5.41) is 0. The highest BCUT2D eigenvalue weighted by atomic mass is 32.3. The van der Waals surface area contributed by atoms with Crippen molar-refractivity contribution in [2.75, 3.05) is 0 Å². The number of hydrogen-bond acceptors (Lipinski definition) is 8. The number of hydrogen-bond donors (Lipinski definition) is 0. The minimum absolute atomic E-state index is 0.406. The Morgan fingerprint density at radius 1 is 0.696 bits per heavy atom. The molecule has 2 saturated carbocycles. The molecule has 2 aliphatic carbocycles. The second kappa shape index (κ2) is 7.46. The summed E-state index contributed by atoms with van der Waals surface area (Å²) in [5.74, 6) is 0. The molecular formula is C12H24O8S2Si. The molecule has 0 aromatic rings. The first-order valence-electron chi connectivity index (χ1n) is 7.85. The molecule has 0 N–H and O–H groups in total. The van der Waals surface area contributed by atoms with E-state index < -0.39 is 41.6 Å². The fraction of sp³-hybridized carbons (Fsp3) is 1.00. The van der Waals surface area contributed by atoms with Gasteiger partial charge in [-0.25, -0.2) is 8.37 Å². The van der Waals surface area contributed by atoms with Crippen LogP contribution in [0.4, 0.5) is 0 Å². The normalized spacial score (nSPS) is 22.0. The molecule has 2 fully saturated rings. The van der Waals surface area contributed by atoms with Gasteiger partial charge in [-0.15, -0.1) is 0 Å². The lowest BCUT2D eigenvalue weighted by molar-refractivity contribution is 0.173. The molecule has 0 aliphatic heterocycles. The Labute approximate surface area is 139 Å². The van der Waals surface area contributed by atoms with Crippen LogP contribution in [0.2, 0.25) is 13.1 Å². The van der Waals surface area contributed by atoms with Gasteiger partial charge in [0.25, 0.3) is 0 Å². The highest BCUT2D eigenvalue weighted by Crippen LogP contribution is 2.27. The second-order valence-electron chi connectivity index (χ2n) is 6.39. The molecule has 2 aliphatic rings. The molecule has 0 heterocycles. The lowest BCUT2D eigenvalue weighted by Gasteiger charge is -2.22. The van der Waals surface area contributed by atoms with E-state index in [4.69, 9.17) is 16.1 Å². The summed E-state index contributed by atoms with van der Waals surface area (Å²) >= 11 is 0. The van der Waals surface area contributed by atoms with Gasteiger partial charge in [0.15, 0.2) is 0 Å². The molecule has 11 heteroatoms. The summed E-state index contributed by atoms with van der Waals surface area (Å²) < 4.78 is 67.3. The summed E-state index contributed by atoms with van der Waals surface area (Å²) in [5.41, 5.74) is 0. The molecule has 136 valence electrons. The lowest BCUT2D eigenvalue weighted by Crippen LogP contribution is -2.41. The molecule has 23 heavy (non-hydrogen) atoms. The van der Waals surface area contributed by atoms with E-state index in [2.05, 4.69) is 0 Å². The molecule has 0 spiro atoms. The van der Waals surface area contributed by atoms with E-state index in [-0.39, 0.29) is 0 Å². The minimum Gasteiger partial charge on any atom is -0.262 e. The fourth-order valence-corrected chi connectivity index (χ4v) is 8.51. The smallest absolute Gasteiger partial charge is 0.262 e. The zero-order valence-corrected chi connectivity index (χ0v) is 16.0. The van der Waals surface area contributed by atoms with E-state index in [1.165, 1.54) is 13.1 Å². The van der Waals surface area contributed by atoms with E-state index in [9.17, 15) is 16.8 Å². The summed E-state index contributed by atoms with van der Waals surface area (Å²) in [6, 6.07) is 0. The molecule has 0 bridgehead atoms. The first-order chi connectivity index (χ1) is 10.6. The Morgan fingerprint density at radius 2 is 1.00 bits per heavy atom. The molecule has 0 aromatic heterocycles. The Bertz CT molecular complexity index is 537. The van der Waals surface area contributed by atoms with Crippen molar-refractivity contribution in [3.8, 4) is 0 Å². The highest BCUT2D eigenvalue weighted by molar-refractivity contribution is 7.84. The van der Waals surface area contributed by atoms with Crippen molar-refractivity contribution in [3.63, 3.8) is 0 Å². The predicted octanol–water partition coefficient (Wildman–Crippen LogP) is 2.13. The monoisotopic (exact) mass is 388 g/mol. The fourth-order valence-electron chi connectivity index (χ4n) is 2.85. The lowest BCUT2D eigenvalue weighted by atomic mass is 10.3. The van der Waals surface area contributed by atoms with E-state index in [1.54, 1.807) is 0 Å². The van der Waals surface area contributed by atoms with E-state index in [1.807, 2.05) is 0 Å². The second-order valence-corrected chi connectivity index (χ2v) is 12.5. The van der Waals surface area contributed by atoms with Gasteiger partial charge in [-0.05, 0) is 38.8 Å². The minimum atomic E-state index is -4.31. The van der Waals surface area contributed by atoms with Crippen molar-refractivity contribution in [3.05, 3.63) is 0 Å². The molecule has 0 aromatic carbocycles. The third-order valence-electron chi connectivity index (χ3n) is 3.72. The van der Waals surface area contributed by atoms with Crippen molar-refractivity contribution in [2.24, 2.45) is 0 Å². The van der Waals surface area contributed by atoms with Crippen LogP contribution in [0.25, 0.3) is 0 Å². The highest BCUT2D eigenvalue weighted by Gasteiger charge is 2.40. The first-order valence-corrected chi connectivity index (χ1v) is 13.3. The predicted molar refractivity (Wildman–Crippen MR) is 84.2 cm³/mol. The SMILES string of the molecule is C[Si](C)(OS(=O)(=O)OC1CCCC1)OS(=O)(=O)OC1CCCC1. The van der Waals surface area contributed by atoms with Crippen LogP contribution in [0.15, 0.2) is 0 Å². The zero-order valence-electron chi connectivity index (χ0n) is 13.4. The quantitative estimate of drug-likeness (QED) is 0.582. The largest absolute Gasteiger partial charge is 0.392 e. The molecule has 2 rings (SSSR count).